The third kappa shape index (κ3) is 4.25. The van der Waals surface area contributed by atoms with Crippen molar-refractivity contribution in [1.29, 1.82) is 0 Å². The molecule has 0 aliphatic rings. The summed E-state index contributed by atoms with van der Waals surface area (Å²) >= 11 is 16.1. The number of rotatable bonds is 5. The second-order valence-electron chi connectivity index (χ2n) is 5.11. The van der Waals surface area contributed by atoms with Gasteiger partial charge in [0.25, 0.3) is 0 Å². The normalized spacial score (nSPS) is 12.4. The molecule has 0 spiro atoms. The average molecular weight is 372 g/mol. The van der Waals surface area contributed by atoms with Crippen LogP contribution in [0.5, 0.6) is 0 Å². The minimum atomic E-state index is 0.482. The predicted octanol–water partition coefficient (Wildman–Crippen LogP) is 6.10. The number of benzene rings is 2. The summed E-state index contributed by atoms with van der Waals surface area (Å²) in [5, 5.41) is 2.45. The van der Waals surface area contributed by atoms with Gasteiger partial charge in [0.05, 0.1) is 0 Å². The summed E-state index contributed by atoms with van der Waals surface area (Å²) in [6.45, 7) is 2.11. The molecule has 0 fully saturated rings. The summed E-state index contributed by atoms with van der Waals surface area (Å²) < 4.78 is 0. The van der Waals surface area contributed by atoms with E-state index in [1.165, 1.54) is 11.1 Å². The third-order valence-electron chi connectivity index (χ3n) is 3.42. The summed E-state index contributed by atoms with van der Waals surface area (Å²) in [5.41, 5.74) is 3.69. The van der Waals surface area contributed by atoms with Crippen LogP contribution in [0.25, 0.3) is 0 Å². The Morgan fingerprint density at radius 1 is 0.950 bits per heavy atom. The van der Waals surface area contributed by atoms with E-state index in [0.717, 1.165) is 33.8 Å². The zero-order chi connectivity index (χ0) is 14.5. The lowest BCUT2D eigenvalue weighted by molar-refractivity contribution is 0.591. The summed E-state index contributed by atoms with van der Waals surface area (Å²) in [5.74, 6) is 0.482. The van der Waals surface area contributed by atoms with Crippen LogP contribution >= 0.6 is 39.1 Å². The Hall–Kier alpha value is -0.500. The lowest BCUT2D eigenvalue weighted by Gasteiger charge is -2.16. The molecule has 106 valence electrons. The van der Waals surface area contributed by atoms with Crippen LogP contribution in [-0.4, -0.2) is 5.33 Å². The first-order chi connectivity index (χ1) is 9.60. The first kappa shape index (κ1) is 15.9. The zero-order valence-electron chi connectivity index (χ0n) is 11.4. The molecule has 3 heteroatoms. The highest BCUT2D eigenvalue weighted by Gasteiger charge is 2.14. The number of aryl methyl sites for hydroxylation is 1. The highest BCUT2D eigenvalue weighted by molar-refractivity contribution is 9.09. The van der Waals surface area contributed by atoms with Crippen molar-refractivity contribution in [2.75, 3.05) is 5.33 Å². The van der Waals surface area contributed by atoms with Crippen molar-refractivity contribution in [3.8, 4) is 0 Å². The molecule has 2 rings (SSSR count). The van der Waals surface area contributed by atoms with Crippen LogP contribution < -0.4 is 0 Å². The molecule has 2 aromatic rings. The van der Waals surface area contributed by atoms with Gasteiger partial charge in [-0.3, -0.25) is 0 Å². The molecule has 0 bridgehead atoms. The quantitative estimate of drug-likeness (QED) is 0.557. The summed E-state index contributed by atoms with van der Waals surface area (Å²) in [6, 6.07) is 14.4. The Bertz CT molecular complexity index is 543. The number of alkyl halides is 1. The first-order valence-electron chi connectivity index (χ1n) is 6.64. The maximum atomic E-state index is 6.25. The fraction of sp³-hybridized carbons (Fsp3) is 0.294. The van der Waals surface area contributed by atoms with E-state index in [2.05, 4.69) is 47.1 Å². The van der Waals surface area contributed by atoms with Gasteiger partial charge in [-0.2, -0.15) is 0 Å². The van der Waals surface area contributed by atoms with E-state index in [1.54, 1.807) is 0 Å². The van der Waals surface area contributed by atoms with Gasteiger partial charge < -0.3 is 0 Å². The van der Waals surface area contributed by atoms with Gasteiger partial charge in [0.15, 0.2) is 0 Å². The number of hydrogen-bond acceptors (Lipinski definition) is 0. The van der Waals surface area contributed by atoms with Gasteiger partial charge in [0, 0.05) is 15.4 Å². The van der Waals surface area contributed by atoms with E-state index < -0.39 is 0 Å². The molecule has 0 saturated carbocycles. The van der Waals surface area contributed by atoms with E-state index in [0.29, 0.717) is 5.92 Å². The zero-order valence-corrected chi connectivity index (χ0v) is 14.5. The summed E-state index contributed by atoms with van der Waals surface area (Å²) in [6.07, 6.45) is 1.91. The third-order valence-corrected chi connectivity index (χ3v) is 5.04. The van der Waals surface area contributed by atoms with Crippen molar-refractivity contribution in [1.82, 2.24) is 0 Å². The van der Waals surface area contributed by atoms with Gasteiger partial charge in [-0.1, -0.05) is 75.0 Å². The van der Waals surface area contributed by atoms with Gasteiger partial charge >= 0.3 is 0 Å². The largest absolute Gasteiger partial charge is 0.0925 e. The Balaban J connectivity index is 2.11. The first-order valence-corrected chi connectivity index (χ1v) is 8.52. The minimum absolute atomic E-state index is 0.482. The molecular weight excluding hydrogens is 355 g/mol. The fourth-order valence-corrected chi connectivity index (χ4v) is 3.26. The van der Waals surface area contributed by atoms with Gasteiger partial charge in [-0.15, -0.1) is 0 Å². The highest BCUT2D eigenvalue weighted by atomic mass is 79.9. The molecule has 0 N–H and O–H groups in total. The fourth-order valence-electron chi connectivity index (χ4n) is 2.25. The van der Waals surface area contributed by atoms with Gasteiger partial charge in [-0.25, -0.2) is 0 Å². The van der Waals surface area contributed by atoms with Crippen LogP contribution in [0.4, 0.5) is 0 Å². The molecule has 0 radical (unpaired) electrons. The summed E-state index contributed by atoms with van der Waals surface area (Å²) in [7, 11) is 0. The number of halogens is 3. The van der Waals surface area contributed by atoms with E-state index in [-0.39, 0.29) is 0 Å². The van der Waals surface area contributed by atoms with E-state index in [1.807, 2.05) is 18.2 Å². The van der Waals surface area contributed by atoms with E-state index in [9.17, 15) is 0 Å². The lowest BCUT2D eigenvalue weighted by atomic mass is 9.94. The molecule has 0 aliphatic carbocycles. The molecule has 0 saturated heterocycles. The van der Waals surface area contributed by atoms with E-state index in [4.69, 9.17) is 23.2 Å². The van der Waals surface area contributed by atoms with Crippen LogP contribution in [0, 0.1) is 12.8 Å². The van der Waals surface area contributed by atoms with Crippen molar-refractivity contribution in [3.63, 3.8) is 0 Å². The monoisotopic (exact) mass is 370 g/mol. The van der Waals surface area contributed by atoms with Crippen LogP contribution in [0.1, 0.15) is 16.7 Å². The molecule has 1 atom stereocenters. The summed E-state index contributed by atoms with van der Waals surface area (Å²) in [4.78, 5) is 0. The molecule has 20 heavy (non-hydrogen) atoms. The van der Waals surface area contributed by atoms with Gasteiger partial charge in [0.2, 0.25) is 0 Å². The van der Waals surface area contributed by atoms with Crippen LogP contribution in [0.2, 0.25) is 10.0 Å². The average Bonchev–Trinajstić information content (AvgIpc) is 2.44. The maximum absolute atomic E-state index is 6.25. The minimum Gasteiger partial charge on any atom is -0.0925 e. The second-order valence-corrected chi connectivity index (χ2v) is 6.58. The number of hydrogen-bond donors (Lipinski definition) is 0. The molecule has 0 heterocycles. The van der Waals surface area contributed by atoms with Crippen LogP contribution in [-0.2, 0) is 12.8 Å². The molecule has 1 unspecified atom stereocenters. The van der Waals surface area contributed by atoms with Crippen molar-refractivity contribution >= 4 is 39.1 Å². The Labute approximate surface area is 139 Å². The van der Waals surface area contributed by atoms with Crippen molar-refractivity contribution in [2.45, 2.75) is 19.8 Å². The SMILES string of the molecule is Cc1ccc(CC(CBr)Cc2c(Cl)cccc2Cl)cc1. The maximum Gasteiger partial charge on any atom is 0.0452 e. The lowest BCUT2D eigenvalue weighted by Crippen LogP contribution is -2.10. The molecule has 0 aliphatic heterocycles. The standard InChI is InChI=1S/C17H17BrCl2/c1-12-5-7-13(8-6-12)9-14(11-18)10-15-16(19)3-2-4-17(15)20/h2-8,14H,9-11H2,1H3. The van der Waals surface area contributed by atoms with Crippen molar-refractivity contribution < 1.29 is 0 Å². The van der Waals surface area contributed by atoms with Gasteiger partial charge in [0.1, 0.15) is 0 Å². The molecule has 0 aromatic heterocycles. The predicted molar refractivity (Wildman–Crippen MR) is 92.3 cm³/mol. The second kappa shape index (κ2) is 7.49. The smallest absolute Gasteiger partial charge is 0.0452 e. The van der Waals surface area contributed by atoms with Crippen molar-refractivity contribution in [3.05, 3.63) is 69.2 Å². The van der Waals surface area contributed by atoms with Gasteiger partial charge in [-0.05, 0) is 48.9 Å². The van der Waals surface area contributed by atoms with Crippen LogP contribution in [0.3, 0.4) is 0 Å². The molecule has 0 amide bonds. The Kier molecular flexibility index (Phi) is 5.95. The Morgan fingerprint density at radius 2 is 1.55 bits per heavy atom. The topological polar surface area (TPSA) is 0 Å². The Morgan fingerprint density at radius 3 is 2.10 bits per heavy atom. The van der Waals surface area contributed by atoms with Crippen LogP contribution in [0.15, 0.2) is 42.5 Å². The molecule has 0 nitrogen and oxygen atoms in total. The highest BCUT2D eigenvalue weighted by Crippen LogP contribution is 2.28. The molecular formula is C17H17BrCl2. The van der Waals surface area contributed by atoms with Crippen molar-refractivity contribution in [2.24, 2.45) is 5.92 Å². The molecule has 2 aromatic carbocycles. The van der Waals surface area contributed by atoms with E-state index >= 15 is 0 Å².